The van der Waals surface area contributed by atoms with Gasteiger partial charge in [0, 0.05) is 13.6 Å². The summed E-state index contributed by atoms with van der Waals surface area (Å²) in [6.45, 7) is 2.64. The first kappa shape index (κ1) is 11.9. The molecule has 0 aliphatic rings. The Hall–Kier alpha value is -2.16. The van der Waals surface area contributed by atoms with Gasteiger partial charge < -0.3 is 10.2 Å². The van der Waals surface area contributed by atoms with Crippen LogP contribution >= 0.6 is 0 Å². The van der Waals surface area contributed by atoms with E-state index < -0.39 is 0 Å². The first-order valence-electron chi connectivity index (χ1n) is 4.88. The lowest BCUT2D eigenvalue weighted by Gasteiger charge is -2.14. The predicted octanol–water partition coefficient (Wildman–Crippen LogP) is 0.238. The fourth-order valence-corrected chi connectivity index (χ4v) is 1.02. The van der Waals surface area contributed by atoms with Crippen molar-refractivity contribution in [2.45, 2.75) is 6.92 Å². The van der Waals surface area contributed by atoms with Gasteiger partial charge >= 0.3 is 0 Å². The van der Waals surface area contributed by atoms with Crippen LogP contribution in [0.4, 0.5) is 5.82 Å². The molecule has 1 amide bonds. The molecule has 0 atom stereocenters. The predicted molar refractivity (Wildman–Crippen MR) is 58.5 cm³/mol. The molecule has 1 N–H and O–H groups in total. The Kier molecular flexibility index (Phi) is 4.21. The SMILES string of the molecule is CCN(C)C(=O)CNc1nnccc1C#N. The molecule has 6 nitrogen and oxygen atoms in total. The van der Waals surface area contributed by atoms with Crippen LogP contribution < -0.4 is 5.32 Å². The first-order valence-corrected chi connectivity index (χ1v) is 4.88. The highest BCUT2D eigenvalue weighted by molar-refractivity contribution is 5.80. The van der Waals surface area contributed by atoms with E-state index in [-0.39, 0.29) is 12.5 Å². The van der Waals surface area contributed by atoms with Crippen molar-refractivity contribution < 1.29 is 4.79 Å². The number of likely N-dealkylation sites (N-methyl/N-ethyl adjacent to an activating group) is 1. The van der Waals surface area contributed by atoms with Crippen LogP contribution in [-0.2, 0) is 4.79 Å². The van der Waals surface area contributed by atoms with Gasteiger partial charge in [0.15, 0.2) is 5.82 Å². The molecule has 6 heteroatoms. The zero-order valence-corrected chi connectivity index (χ0v) is 9.27. The lowest BCUT2D eigenvalue weighted by Crippen LogP contribution is -2.32. The number of rotatable bonds is 4. The molecule has 0 aliphatic heterocycles. The van der Waals surface area contributed by atoms with Crippen molar-refractivity contribution >= 4 is 11.7 Å². The summed E-state index contributed by atoms with van der Waals surface area (Å²) in [6, 6.07) is 3.52. The van der Waals surface area contributed by atoms with Crippen molar-refractivity contribution in [2.24, 2.45) is 0 Å². The van der Waals surface area contributed by atoms with Crippen molar-refractivity contribution in [2.75, 3.05) is 25.5 Å². The van der Waals surface area contributed by atoms with Gasteiger partial charge in [0.2, 0.25) is 5.91 Å². The number of amides is 1. The highest BCUT2D eigenvalue weighted by atomic mass is 16.2. The number of aromatic nitrogens is 2. The van der Waals surface area contributed by atoms with E-state index >= 15 is 0 Å². The van der Waals surface area contributed by atoms with E-state index in [9.17, 15) is 4.79 Å². The monoisotopic (exact) mass is 219 g/mol. The average Bonchev–Trinajstić information content (AvgIpc) is 2.35. The summed E-state index contributed by atoms with van der Waals surface area (Å²) in [5, 5.41) is 19.0. The number of nitrogens with zero attached hydrogens (tertiary/aromatic N) is 4. The summed E-state index contributed by atoms with van der Waals surface area (Å²) in [5.74, 6) is 0.278. The highest BCUT2D eigenvalue weighted by Crippen LogP contribution is 2.07. The van der Waals surface area contributed by atoms with Crippen LogP contribution in [0, 0.1) is 11.3 Å². The fraction of sp³-hybridized carbons (Fsp3) is 0.400. The third-order valence-corrected chi connectivity index (χ3v) is 2.15. The number of anilines is 1. The Bertz CT molecular complexity index is 412. The molecule has 1 aromatic rings. The number of hydrogen-bond donors (Lipinski definition) is 1. The number of carbonyl (C=O) groups is 1. The van der Waals surface area contributed by atoms with Crippen LogP contribution in [0.2, 0.25) is 0 Å². The van der Waals surface area contributed by atoms with Gasteiger partial charge in [-0.2, -0.15) is 10.4 Å². The molecule has 0 bridgehead atoms. The third-order valence-electron chi connectivity index (χ3n) is 2.15. The number of nitriles is 1. The molecule has 1 heterocycles. The molecule has 1 rings (SSSR count). The second kappa shape index (κ2) is 5.66. The largest absolute Gasteiger partial charge is 0.358 e. The molecule has 0 spiro atoms. The van der Waals surface area contributed by atoms with E-state index in [1.54, 1.807) is 18.0 Å². The van der Waals surface area contributed by atoms with Crippen molar-refractivity contribution in [1.29, 1.82) is 5.26 Å². The Morgan fingerprint density at radius 2 is 2.44 bits per heavy atom. The van der Waals surface area contributed by atoms with Crippen LogP contribution in [0.3, 0.4) is 0 Å². The lowest BCUT2D eigenvalue weighted by molar-refractivity contribution is -0.127. The molecule has 84 valence electrons. The van der Waals surface area contributed by atoms with Crippen molar-refractivity contribution in [3.05, 3.63) is 17.8 Å². The third kappa shape index (κ3) is 2.92. The molecular weight excluding hydrogens is 206 g/mol. The minimum absolute atomic E-state index is 0.0583. The van der Waals surface area contributed by atoms with Crippen LogP contribution in [-0.4, -0.2) is 41.1 Å². The quantitative estimate of drug-likeness (QED) is 0.784. The highest BCUT2D eigenvalue weighted by Gasteiger charge is 2.08. The van der Waals surface area contributed by atoms with Crippen LogP contribution in [0.5, 0.6) is 0 Å². The summed E-state index contributed by atoms with van der Waals surface area (Å²) >= 11 is 0. The van der Waals surface area contributed by atoms with E-state index in [1.165, 1.54) is 6.20 Å². The summed E-state index contributed by atoms with van der Waals surface area (Å²) in [5.41, 5.74) is 0.377. The average molecular weight is 219 g/mol. The van der Waals surface area contributed by atoms with Crippen LogP contribution in [0.1, 0.15) is 12.5 Å². The molecular formula is C10H13N5O. The molecule has 16 heavy (non-hydrogen) atoms. The van der Waals surface area contributed by atoms with E-state index in [4.69, 9.17) is 5.26 Å². The lowest BCUT2D eigenvalue weighted by atomic mass is 10.3. The molecule has 0 saturated carbocycles. The molecule has 0 radical (unpaired) electrons. The zero-order chi connectivity index (χ0) is 12.0. The molecule has 0 fully saturated rings. The smallest absolute Gasteiger partial charge is 0.241 e. The van der Waals surface area contributed by atoms with E-state index in [1.807, 2.05) is 13.0 Å². The van der Waals surface area contributed by atoms with Crippen LogP contribution in [0.15, 0.2) is 12.3 Å². The van der Waals surface area contributed by atoms with Crippen molar-refractivity contribution in [3.8, 4) is 6.07 Å². The van der Waals surface area contributed by atoms with Gasteiger partial charge in [0.1, 0.15) is 6.07 Å². The Morgan fingerprint density at radius 3 is 3.06 bits per heavy atom. The Balaban J connectivity index is 2.62. The zero-order valence-electron chi connectivity index (χ0n) is 9.27. The topological polar surface area (TPSA) is 81.9 Å². The molecule has 1 aromatic heterocycles. The molecule has 0 aliphatic carbocycles. The van der Waals surface area contributed by atoms with Gasteiger partial charge in [-0.3, -0.25) is 4.79 Å². The fourth-order valence-electron chi connectivity index (χ4n) is 1.02. The molecule has 0 aromatic carbocycles. The standard InChI is InChI=1S/C10H13N5O/c1-3-15(2)9(16)7-12-10-8(6-11)4-5-13-14-10/h4-5H,3,7H2,1-2H3,(H,12,14). The minimum Gasteiger partial charge on any atom is -0.358 e. The summed E-state index contributed by atoms with van der Waals surface area (Å²) in [7, 11) is 1.71. The molecule has 0 unspecified atom stereocenters. The normalized spacial score (nSPS) is 9.31. The van der Waals surface area contributed by atoms with E-state index in [2.05, 4.69) is 15.5 Å². The molecule has 0 saturated heterocycles. The van der Waals surface area contributed by atoms with E-state index in [0.717, 1.165) is 0 Å². The maximum Gasteiger partial charge on any atom is 0.241 e. The van der Waals surface area contributed by atoms with Crippen molar-refractivity contribution in [3.63, 3.8) is 0 Å². The summed E-state index contributed by atoms with van der Waals surface area (Å²) in [6.07, 6.45) is 1.43. The van der Waals surface area contributed by atoms with Gasteiger partial charge in [0.05, 0.1) is 18.3 Å². The van der Waals surface area contributed by atoms with Gasteiger partial charge in [-0.15, -0.1) is 5.10 Å². The number of hydrogen-bond acceptors (Lipinski definition) is 5. The van der Waals surface area contributed by atoms with Gasteiger partial charge in [-0.25, -0.2) is 0 Å². The summed E-state index contributed by atoms with van der Waals surface area (Å²) in [4.78, 5) is 13.1. The summed E-state index contributed by atoms with van der Waals surface area (Å²) < 4.78 is 0. The van der Waals surface area contributed by atoms with E-state index in [0.29, 0.717) is 17.9 Å². The maximum atomic E-state index is 11.5. The first-order chi connectivity index (χ1) is 7.69. The Morgan fingerprint density at radius 1 is 1.69 bits per heavy atom. The Labute approximate surface area is 93.9 Å². The van der Waals surface area contributed by atoms with Gasteiger partial charge in [-0.05, 0) is 13.0 Å². The number of carbonyl (C=O) groups excluding carboxylic acids is 1. The van der Waals surface area contributed by atoms with Crippen LogP contribution in [0.25, 0.3) is 0 Å². The van der Waals surface area contributed by atoms with Gasteiger partial charge in [-0.1, -0.05) is 0 Å². The maximum absolute atomic E-state index is 11.5. The number of nitrogens with one attached hydrogen (secondary N) is 1. The van der Waals surface area contributed by atoms with Gasteiger partial charge in [0.25, 0.3) is 0 Å². The van der Waals surface area contributed by atoms with Crippen molar-refractivity contribution in [1.82, 2.24) is 15.1 Å². The second-order valence-corrected chi connectivity index (χ2v) is 3.17. The second-order valence-electron chi connectivity index (χ2n) is 3.17. The minimum atomic E-state index is -0.0583.